The summed E-state index contributed by atoms with van der Waals surface area (Å²) < 4.78 is 7.89. The first kappa shape index (κ1) is 13.0. The van der Waals surface area contributed by atoms with Crippen LogP contribution in [0.4, 0.5) is 0 Å². The van der Waals surface area contributed by atoms with Crippen molar-refractivity contribution in [2.75, 3.05) is 31.1 Å². The number of hydrogen-bond donors (Lipinski definition) is 0. The Morgan fingerprint density at radius 1 is 1.41 bits per heavy atom. The highest BCUT2D eigenvalue weighted by Crippen LogP contribution is 2.34. The van der Waals surface area contributed by atoms with Crippen LogP contribution in [0.5, 0.6) is 0 Å². The highest BCUT2D eigenvalue weighted by molar-refractivity contribution is 8.32. The average Bonchev–Trinajstić information content (AvgIpc) is 2.92. The van der Waals surface area contributed by atoms with Crippen LogP contribution in [0, 0.1) is 5.92 Å². The van der Waals surface area contributed by atoms with E-state index in [9.17, 15) is 0 Å². The fourth-order valence-electron chi connectivity index (χ4n) is 1.72. The van der Waals surface area contributed by atoms with E-state index in [1.54, 1.807) is 0 Å². The Kier molecular flexibility index (Phi) is 4.15. The van der Waals surface area contributed by atoms with Gasteiger partial charge in [-0.25, -0.2) is 15.0 Å². The molecule has 1 heterocycles. The summed E-state index contributed by atoms with van der Waals surface area (Å²) >= 11 is 0. The van der Waals surface area contributed by atoms with E-state index in [0.717, 1.165) is 12.5 Å². The van der Waals surface area contributed by atoms with Crippen LogP contribution in [0.15, 0.2) is 12.5 Å². The van der Waals surface area contributed by atoms with Crippen molar-refractivity contribution >= 4 is 10.0 Å². The molecule has 1 aliphatic carbocycles. The molecule has 1 aromatic heterocycles. The topological polar surface area (TPSA) is 27.1 Å². The van der Waals surface area contributed by atoms with Gasteiger partial charge in [-0.1, -0.05) is 0 Å². The fraction of sp³-hybridized carbons (Fsp3) is 0.769. The third-order valence-corrected chi connectivity index (χ3v) is 4.46. The molecule has 3 nitrogen and oxygen atoms in total. The standard InChI is InChI=1S/C13H24N2OS/c1-17(2,3)7-6-16-11-15-10-14-9-13(15)8-12-4-5-12/h9-10,12H,4-8,11H2,1-3H3. The van der Waals surface area contributed by atoms with Gasteiger partial charge in [0.25, 0.3) is 0 Å². The van der Waals surface area contributed by atoms with Crippen molar-refractivity contribution in [2.45, 2.75) is 26.0 Å². The Bertz CT molecular complexity index is 353. The second-order valence-electron chi connectivity index (χ2n) is 5.83. The van der Waals surface area contributed by atoms with Gasteiger partial charge in [0.2, 0.25) is 0 Å². The number of ether oxygens (including phenoxy) is 1. The number of nitrogens with zero attached hydrogens (tertiary/aromatic N) is 2. The van der Waals surface area contributed by atoms with Crippen molar-refractivity contribution < 1.29 is 4.74 Å². The van der Waals surface area contributed by atoms with Crippen molar-refractivity contribution in [3.8, 4) is 0 Å². The first-order chi connectivity index (χ1) is 8.04. The molecule has 1 aromatic rings. The Balaban J connectivity index is 1.72. The van der Waals surface area contributed by atoms with Crippen LogP contribution in [0.2, 0.25) is 0 Å². The van der Waals surface area contributed by atoms with Gasteiger partial charge in [0.15, 0.2) is 0 Å². The predicted molar refractivity (Wildman–Crippen MR) is 74.8 cm³/mol. The van der Waals surface area contributed by atoms with Crippen LogP contribution in [-0.2, 0) is 17.9 Å². The third-order valence-electron chi connectivity index (χ3n) is 3.06. The zero-order valence-electron chi connectivity index (χ0n) is 11.2. The molecule has 4 heteroatoms. The zero-order valence-corrected chi connectivity index (χ0v) is 12.0. The van der Waals surface area contributed by atoms with Crippen molar-refractivity contribution in [3.63, 3.8) is 0 Å². The van der Waals surface area contributed by atoms with Crippen molar-refractivity contribution in [2.24, 2.45) is 5.92 Å². The molecular weight excluding hydrogens is 232 g/mol. The molecule has 1 aliphatic rings. The Hall–Kier alpha value is -0.480. The molecule has 0 bridgehead atoms. The van der Waals surface area contributed by atoms with Crippen molar-refractivity contribution in [3.05, 3.63) is 18.2 Å². The molecule has 0 unspecified atom stereocenters. The maximum atomic E-state index is 5.74. The van der Waals surface area contributed by atoms with Crippen molar-refractivity contribution in [1.29, 1.82) is 0 Å². The number of imidazole rings is 1. The lowest BCUT2D eigenvalue weighted by molar-refractivity contribution is 0.0876. The van der Waals surface area contributed by atoms with Gasteiger partial charge in [-0.15, -0.1) is 0 Å². The molecule has 0 N–H and O–H groups in total. The third kappa shape index (κ3) is 4.72. The quantitative estimate of drug-likeness (QED) is 0.701. The second kappa shape index (κ2) is 5.44. The van der Waals surface area contributed by atoms with Crippen LogP contribution in [-0.4, -0.2) is 40.7 Å². The molecule has 17 heavy (non-hydrogen) atoms. The van der Waals surface area contributed by atoms with E-state index in [-0.39, 0.29) is 0 Å². The van der Waals surface area contributed by atoms with Gasteiger partial charge in [-0.3, -0.25) is 0 Å². The first-order valence-corrected chi connectivity index (χ1v) is 9.30. The molecule has 0 radical (unpaired) electrons. The van der Waals surface area contributed by atoms with Gasteiger partial charge in [0.05, 0.1) is 12.9 Å². The van der Waals surface area contributed by atoms with Gasteiger partial charge in [0, 0.05) is 17.6 Å². The predicted octanol–water partition coefficient (Wildman–Crippen LogP) is 2.50. The van der Waals surface area contributed by atoms with E-state index in [1.165, 1.54) is 30.7 Å². The summed E-state index contributed by atoms with van der Waals surface area (Å²) in [6.07, 6.45) is 14.8. The Labute approximate surface area is 106 Å². The summed E-state index contributed by atoms with van der Waals surface area (Å²) in [5.41, 5.74) is 1.33. The molecule has 0 aromatic carbocycles. The van der Waals surface area contributed by atoms with Crippen LogP contribution >= 0.6 is 10.0 Å². The molecule has 0 spiro atoms. The normalized spacial score (nSPS) is 17.4. The zero-order chi connectivity index (χ0) is 12.3. The SMILES string of the molecule is CS(C)(C)CCOCn1cncc1CC1CC1. The van der Waals surface area contributed by atoms with E-state index in [4.69, 9.17) is 4.74 Å². The second-order valence-corrected chi connectivity index (χ2v) is 10.4. The van der Waals surface area contributed by atoms with Crippen molar-refractivity contribution in [1.82, 2.24) is 9.55 Å². The largest absolute Gasteiger partial charge is 0.360 e. The number of aromatic nitrogens is 2. The summed E-state index contributed by atoms with van der Waals surface area (Å²) in [6.45, 7) is 1.53. The molecule has 1 saturated carbocycles. The highest BCUT2D eigenvalue weighted by atomic mass is 32.3. The van der Waals surface area contributed by atoms with Gasteiger partial charge < -0.3 is 9.30 Å². The van der Waals surface area contributed by atoms with Gasteiger partial charge in [-0.2, -0.15) is 0 Å². The summed E-state index contributed by atoms with van der Waals surface area (Å²) in [4.78, 5) is 4.22. The molecule has 0 amide bonds. The van der Waals surface area contributed by atoms with E-state index in [0.29, 0.717) is 6.73 Å². The Morgan fingerprint density at radius 2 is 2.18 bits per heavy atom. The van der Waals surface area contributed by atoms with Crippen LogP contribution in [0.3, 0.4) is 0 Å². The van der Waals surface area contributed by atoms with E-state index in [2.05, 4.69) is 28.3 Å². The lowest BCUT2D eigenvalue weighted by atomic mass is 10.2. The lowest BCUT2D eigenvalue weighted by Gasteiger charge is -2.24. The van der Waals surface area contributed by atoms with E-state index in [1.807, 2.05) is 12.5 Å². The molecule has 1 fully saturated rings. The minimum Gasteiger partial charge on any atom is -0.360 e. The average molecular weight is 256 g/mol. The van der Waals surface area contributed by atoms with Gasteiger partial charge in [0.1, 0.15) is 6.73 Å². The summed E-state index contributed by atoms with van der Waals surface area (Å²) in [5, 5.41) is 0. The summed E-state index contributed by atoms with van der Waals surface area (Å²) in [5.74, 6) is 2.09. The molecule has 2 rings (SSSR count). The van der Waals surface area contributed by atoms with Crippen LogP contribution in [0.25, 0.3) is 0 Å². The minimum atomic E-state index is -0.434. The number of hydrogen-bond acceptors (Lipinski definition) is 2. The smallest absolute Gasteiger partial charge is 0.124 e. The lowest BCUT2D eigenvalue weighted by Crippen LogP contribution is -2.11. The molecular formula is C13H24N2OS. The van der Waals surface area contributed by atoms with E-state index < -0.39 is 10.0 Å². The van der Waals surface area contributed by atoms with E-state index >= 15 is 0 Å². The maximum Gasteiger partial charge on any atom is 0.124 e. The van der Waals surface area contributed by atoms with Crippen LogP contribution in [0.1, 0.15) is 18.5 Å². The first-order valence-electron chi connectivity index (χ1n) is 6.27. The number of rotatable bonds is 7. The fourth-order valence-corrected chi connectivity index (χ4v) is 2.34. The minimum absolute atomic E-state index is 0.434. The molecule has 98 valence electrons. The molecule has 0 saturated heterocycles. The molecule has 0 aliphatic heterocycles. The van der Waals surface area contributed by atoms with Gasteiger partial charge >= 0.3 is 0 Å². The summed E-state index contributed by atoms with van der Waals surface area (Å²) in [6, 6.07) is 0. The highest BCUT2D eigenvalue weighted by Gasteiger charge is 2.22. The van der Waals surface area contributed by atoms with Crippen LogP contribution < -0.4 is 0 Å². The summed E-state index contributed by atoms with van der Waals surface area (Å²) in [7, 11) is -0.434. The van der Waals surface area contributed by atoms with Gasteiger partial charge in [-0.05, 0) is 43.9 Å². The maximum absolute atomic E-state index is 5.74. The Morgan fingerprint density at radius 3 is 2.82 bits per heavy atom. The monoisotopic (exact) mass is 256 g/mol. The molecule has 0 atom stereocenters.